The first-order valence-electron chi connectivity index (χ1n) is 7.46. The molecule has 2 rings (SSSR count). The molecule has 0 radical (unpaired) electrons. The first-order chi connectivity index (χ1) is 11.1. The molecule has 0 fully saturated rings. The minimum Gasteiger partial charge on any atom is -0.357 e. The summed E-state index contributed by atoms with van der Waals surface area (Å²) in [6, 6.07) is 5.56. The summed E-state index contributed by atoms with van der Waals surface area (Å²) in [5.41, 5.74) is 0.953. The van der Waals surface area contributed by atoms with Crippen LogP contribution < -0.4 is 10.6 Å². The van der Waals surface area contributed by atoms with Gasteiger partial charge in [-0.1, -0.05) is 29.3 Å². The fourth-order valence-corrected chi connectivity index (χ4v) is 3.34. The lowest BCUT2D eigenvalue weighted by atomic mass is 10.1. The van der Waals surface area contributed by atoms with E-state index in [0.29, 0.717) is 23.1 Å². The predicted octanol–water partition coefficient (Wildman–Crippen LogP) is 4.06. The number of aryl methyl sites for hydroxylation is 1. The molecule has 23 heavy (non-hydrogen) atoms. The van der Waals surface area contributed by atoms with Gasteiger partial charge in [-0.25, -0.2) is 9.98 Å². The molecule has 7 heteroatoms. The van der Waals surface area contributed by atoms with Crippen molar-refractivity contribution in [3.8, 4) is 0 Å². The van der Waals surface area contributed by atoms with Gasteiger partial charge in [0.25, 0.3) is 0 Å². The molecule has 2 aromatic rings. The highest BCUT2D eigenvalue weighted by atomic mass is 35.5. The van der Waals surface area contributed by atoms with E-state index < -0.39 is 0 Å². The Hall–Kier alpha value is -1.30. The summed E-state index contributed by atoms with van der Waals surface area (Å²) < 4.78 is 0. The van der Waals surface area contributed by atoms with E-state index in [9.17, 15) is 0 Å². The number of nitrogens with zero attached hydrogens (tertiary/aromatic N) is 2. The Balaban J connectivity index is 1.91. The van der Waals surface area contributed by atoms with Gasteiger partial charge in [-0.2, -0.15) is 0 Å². The lowest BCUT2D eigenvalue weighted by Gasteiger charge is -2.12. The van der Waals surface area contributed by atoms with Crippen molar-refractivity contribution in [2.24, 2.45) is 4.99 Å². The molecule has 0 atom stereocenters. The Morgan fingerprint density at radius 3 is 2.61 bits per heavy atom. The summed E-state index contributed by atoms with van der Waals surface area (Å²) in [7, 11) is 0. The van der Waals surface area contributed by atoms with E-state index in [0.717, 1.165) is 29.5 Å². The molecule has 1 aromatic heterocycles. The van der Waals surface area contributed by atoms with Crippen LogP contribution in [0.15, 0.2) is 29.4 Å². The molecule has 0 aliphatic heterocycles. The molecule has 0 saturated heterocycles. The summed E-state index contributed by atoms with van der Waals surface area (Å²) in [6.45, 7) is 6.15. The summed E-state index contributed by atoms with van der Waals surface area (Å²) in [5.74, 6) is 0.767. The Morgan fingerprint density at radius 2 is 2.00 bits per heavy atom. The lowest BCUT2D eigenvalue weighted by molar-refractivity contribution is 0.799. The summed E-state index contributed by atoms with van der Waals surface area (Å²) in [4.78, 5) is 10.1. The van der Waals surface area contributed by atoms with Gasteiger partial charge in [0.15, 0.2) is 5.96 Å². The van der Waals surface area contributed by atoms with E-state index in [-0.39, 0.29) is 0 Å². The number of aliphatic imine (C=N–C) groups is 1. The number of halogens is 2. The van der Waals surface area contributed by atoms with Gasteiger partial charge in [-0.05, 0) is 38.0 Å². The number of guanidine groups is 1. The summed E-state index contributed by atoms with van der Waals surface area (Å²) in [6.07, 6.45) is 2.61. The average molecular weight is 371 g/mol. The van der Waals surface area contributed by atoms with Crippen LogP contribution in [0, 0.1) is 6.92 Å². The third-order valence-electron chi connectivity index (χ3n) is 3.11. The maximum absolute atomic E-state index is 6.18. The first kappa shape index (κ1) is 18.0. The molecule has 1 aromatic carbocycles. The second kappa shape index (κ2) is 9.11. The van der Waals surface area contributed by atoms with Crippen molar-refractivity contribution in [1.82, 2.24) is 15.6 Å². The number of rotatable bonds is 6. The molecule has 124 valence electrons. The third kappa shape index (κ3) is 5.68. The van der Waals surface area contributed by atoms with Gasteiger partial charge in [0.2, 0.25) is 0 Å². The van der Waals surface area contributed by atoms with Gasteiger partial charge in [-0.15, -0.1) is 11.3 Å². The maximum atomic E-state index is 6.18. The number of nitrogens with one attached hydrogen (secondary N) is 2. The topological polar surface area (TPSA) is 49.3 Å². The van der Waals surface area contributed by atoms with Gasteiger partial charge in [0, 0.05) is 34.2 Å². The van der Waals surface area contributed by atoms with Crippen LogP contribution in [0.3, 0.4) is 0 Å². The molecule has 0 amide bonds. The van der Waals surface area contributed by atoms with Crippen LogP contribution in [-0.4, -0.2) is 24.0 Å². The molecule has 0 aliphatic carbocycles. The Bertz CT molecular complexity index is 650. The van der Waals surface area contributed by atoms with E-state index in [1.807, 2.05) is 38.2 Å². The van der Waals surface area contributed by atoms with E-state index in [4.69, 9.17) is 23.2 Å². The largest absolute Gasteiger partial charge is 0.357 e. The molecular weight excluding hydrogens is 351 g/mol. The van der Waals surface area contributed by atoms with Crippen molar-refractivity contribution in [1.29, 1.82) is 0 Å². The molecule has 1 heterocycles. The first-order valence-corrected chi connectivity index (χ1v) is 9.03. The molecular formula is C16H20Cl2N4S. The van der Waals surface area contributed by atoms with Gasteiger partial charge in [0.1, 0.15) is 5.01 Å². The van der Waals surface area contributed by atoms with E-state index in [1.165, 1.54) is 4.88 Å². The number of hydrogen-bond acceptors (Lipinski definition) is 3. The van der Waals surface area contributed by atoms with Gasteiger partial charge in [0.05, 0.1) is 6.54 Å². The van der Waals surface area contributed by atoms with E-state index in [2.05, 4.69) is 20.6 Å². The Morgan fingerprint density at radius 1 is 1.26 bits per heavy atom. The van der Waals surface area contributed by atoms with Crippen molar-refractivity contribution in [2.45, 2.75) is 26.8 Å². The summed E-state index contributed by atoms with van der Waals surface area (Å²) >= 11 is 14.0. The number of benzene rings is 1. The van der Waals surface area contributed by atoms with Crippen LogP contribution >= 0.6 is 34.5 Å². The minimum absolute atomic E-state index is 0.570. The molecule has 4 nitrogen and oxygen atoms in total. The lowest BCUT2D eigenvalue weighted by Crippen LogP contribution is -2.38. The molecule has 0 saturated carbocycles. The van der Waals surface area contributed by atoms with Crippen LogP contribution in [0.1, 0.15) is 22.4 Å². The van der Waals surface area contributed by atoms with Gasteiger partial charge in [-0.3, -0.25) is 0 Å². The smallest absolute Gasteiger partial charge is 0.191 e. The van der Waals surface area contributed by atoms with E-state index >= 15 is 0 Å². The van der Waals surface area contributed by atoms with Crippen LogP contribution in [0.4, 0.5) is 0 Å². The average Bonchev–Trinajstić information content (AvgIpc) is 2.93. The zero-order chi connectivity index (χ0) is 16.7. The quantitative estimate of drug-likeness (QED) is 0.595. The van der Waals surface area contributed by atoms with Crippen LogP contribution in [0.5, 0.6) is 0 Å². The fourth-order valence-electron chi connectivity index (χ4n) is 2.04. The highest BCUT2D eigenvalue weighted by Gasteiger charge is 2.06. The number of aromatic nitrogens is 1. The van der Waals surface area contributed by atoms with Crippen LogP contribution in [0.2, 0.25) is 10.0 Å². The predicted molar refractivity (Wildman–Crippen MR) is 99.8 cm³/mol. The number of thiazole rings is 1. The van der Waals surface area contributed by atoms with Gasteiger partial charge >= 0.3 is 0 Å². The SMILES string of the molecule is CCNC(=NCc1ncc(C)s1)NCCc1c(Cl)cccc1Cl. The normalized spacial score (nSPS) is 11.6. The maximum Gasteiger partial charge on any atom is 0.191 e. The Kier molecular flexibility index (Phi) is 7.15. The van der Waals surface area contributed by atoms with Crippen molar-refractivity contribution in [2.75, 3.05) is 13.1 Å². The van der Waals surface area contributed by atoms with Crippen molar-refractivity contribution < 1.29 is 0 Å². The van der Waals surface area contributed by atoms with E-state index in [1.54, 1.807) is 11.3 Å². The second-order valence-electron chi connectivity index (χ2n) is 4.94. The minimum atomic E-state index is 0.570. The molecule has 0 aliphatic rings. The molecule has 0 bridgehead atoms. The molecule has 0 spiro atoms. The summed E-state index contributed by atoms with van der Waals surface area (Å²) in [5, 5.41) is 8.92. The molecule has 0 unspecified atom stereocenters. The van der Waals surface area contributed by atoms with Gasteiger partial charge < -0.3 is 10.6 Å². The zero-order valence-corrected chi connectivity index (χ0v) is 15.5. The molecule has 2 N–H and O–H groups in total. The Labute approximate surface area is 151 Å². The highest BCUT2D eigenvalue weighted by Crippen LogP contribution is 2.24. The zero-order valence-electron chi connectivity index (χ0n) is 13.2. The van der Waals surface area contributed by atoms with Crippen LogP contribution in [-0.2, 0) is 13.0 Å². The van der Waals surface area contributed by atoms with Crippen LogP contribution in [0.25, 0.3) is 0 Å². The fraction of sp³-hybridized carbons (Fsp3) is 0.375. The standard InChI is InChI=1S/C16H20Cl2N4S/c1-3-19-16(22-10-15-21-9-11(2)23-15)20-8-7-12-13(17)5-4-6-14(12)18/h4-6,9H,3,7-8,10H2,1-2H3,(H2,19,20,22). The third-order valence-corrected chi connectivity index (χ3v) is 4.72. The highest BCUT2D eigenvalue weighted by molar-refractivity contribution is 7.11. The van der Waals surface area contributed by atoms with Crippen molar-refractivity contribution >= 4 is 40.5 Å². The second-order valence-corrected chi connectivity index (χ2v) is 7.07. The number of hydrogen-bond donors (Lipinski definition) is 2. The monoisotopic (exact) mass is 370 g/mol. The van der Waals surface area contributed by atoms with Crippen molar-refractivity contribution in [3.05, 3.63) is 49.9 Å². The van der Waals surface area contributed by atoms with Crippen molar-refractivity contribution in [3.63, 3.8) is 0 Å².